The van der Waals surface area contributed by atoms with E-state index in [2.05, 4.69) is 15.6 Å². The van der Waals surface area contributed by atoms with E-state index in [0.29, 0.717) is 32.3 Å². The summed E-state index contributed by atoms with van der Waals surface area (Å²) in [7, 11) is 3.34. The van der Waals surface area contributed by atoms with Crippen molar-refractivity contribution in [2.45, 2.75) is 12.7 Å². The zero-order valence-electron chi connectivity index (χ0n) is 15.2. The summed E-state index contributed by atoms with van der Waals surface area (Å²) in [6.07, 6.45) is -0.191. The lowest BCUT2D eigenvalue weighted by atomic mass is 10.1. The second-order valence-electron chi connectivity index (χ2n) is 5.69. The summed E-state index contributed by atoms with van der Waals surface area (Å²) < 4.78 is 24.1. The highest BCUT2D eigenvalue weighted by Gasteiger charge is 2.11. The van der Waals surface area contributed by atoms with E-state index in [4.69, 9.17) is 9.47 Å². The highest BCUT2D eigenvalue weighted by molar-refractivity contribution is 5.79. The van der Waals surface area contributed by atoms with Crippen LogP contribution in [0.3, 0.4) is 0 Å². The highest BCUT2D eigenvalue weighted by atomic mass is 19.1. The van der Waals surface area contributed by atoms with E-state index in [0.717, 1.165) is 11.1 Å². The Bertz CT molecular complexity index is 663. The quantitative estimate of drug-likeness (QED) is 0.411. The summed E-state index contributed by atoms with van der Waals surface area (Å²) in [6, 6.07) is 16.4. The summed E-state index contributed by atoms with van der Waals surface area (Å²) in [5.74, 6) is 0.405. The molecule has 0 aliphatic rings. The number of rotatable bonds is 9. The summed E-state index contributed by atoms with van der Waals surface area (Å²) >= 11 is 0. The number of ether oxygens (including phenoxy) is 2. The van der Waals surface area contributed by atoms with Gasteiger partial charge in [-0.2, -0.15) is 0 Å². The number of halogens is 1. The second kappa shape index (κ2) is 11.2. The van der Waals surface area contributed by atoms with E-state index >= 15 is 0 Å². The van der Waals surface area contributed by atoms with Crippen LogP contribution in [-0.4, -0.2) is 39.8 Å². The third kappa shape index (κ3) is 6.82. The van der Waals surface area contributed by atoms with Crippen molar-refractivity contribution >= 4 is 5.96 Å². The average molecular weight is 359 g/mol. The molecule has 1 atom stereocenters. The molecule has 0 aromatic heterocycles. The first-order valence-electron chi connectivity index (χ1n) is 8.57. The third-order valence-corrected chi connectivity index (χ3v) is 3.86. The first kappa shape index (κ1) is 19.9. The number of hydrogen-bond acceptors (Lipinski definition) is 3. The van der Waals surface area contributed by atoms with E-state index < -0.39 is 0 Å². The van der Waals surface area contributed by atoms with Crippen LogP contribution in [0.2, 0.25) is 0 Å². The van der Waals surface area contributed by atoms with Crippen molar-refractivity contribution in [1.82, 2.24) is 10.6 Å². The first-order valence-corrected chi connectivity index (χ1v) is 8.57. The Kier molecular flexibility index (Phi) is 8.59. The molecule has 2 aromatic carbocycles. The van der Waals surface area contributed by atoms with Crippen molar-refractivity contribution in [3.8, 4) is 0 Å². The minimum atomic E-state index is -0.260. The first-order chi connectivity index (χ1) is 12.7. The van der Waals surface area contributed by atoms with E-state index in [-0.39, 0.29) is 11.9 Å². The predicted molar refractivity (Wildman–Crippen MR) is 102 cm³/mol. The molecular formula is C20H26FN3O2. The van der Waals surface area contributed by atoms with E-state index in [1.54, 1.807) is 26.3 Å². The zero-order chi connectivity index (χ0) is 18.6. The number of benzene rings is 2. The van der Waals surface area contributed by atoms with Gasteiger partial charge < -0.3 is 20.1 Å². The molecule has 0 radical (unpaired) electrons. The Balaban J connectivity index is 1.68. The maximum atomic E-state index is 13.0. The number of nitrogens with one attached hydrogen (secondary N) is 2. The summed E-state index contributed by atoms with van der Waals surface area (Å²) in [6.45, 7) is 2.32. The van der Waals surface area contributed by atoms with E-state index in [9.17, 15) is 4.39 Å². The molecule has 0 fully saturated rings. The van der Waals surface area contributed by atoms with Crippen LogP contribution in [0.4, 0.5) is 4.39 Å². The van der Waals surface area contributed by atoms with Crippen LogP contribution < -0.4 is 10.6 Å². The summed E-state index contributed by atoms with van der Waals surface area (Å²) in [4.78, 5) is 4.18. The Morgan fingerprint density at radius 3 is 2.46 bits per heavy atom. The van der Waals surface area contributed by atoms with Gasteiger partial charge in [0.25, 0.3) is 0 Å². The van der Waals surface area contributed by atoms with Gasteiger partial charge in [0.05, 0.1) is 19.3 Å². The summed E-state index contributed by atoms with van der Waals surface area (Å²) in [5, 5.41) is 6.40. The SMILES string of the molecule is CN=C(NCCOCc1ccccc1)NCC(OC)c1ccc(F)cc1. The topological polar surface area (TPSA) is 54.9 Å². The Hall–Kier alpha value is -2.44. The maximum absolute atomic E-state index is 13.0. The van der Waals surface area contributed by atoms with Gasteiger partial charge in [-0.15, -0.1) is 0 Å². The molecule has 0 amide bonds. The second-order valence-corrected chi connectivity index (χ2v) is 5.69. The molecule has 140 valence electrons. The van der Waals surface area contributed by atoms with Crippen molar-refractivity contribution in [3.63, 3.8) is 0 Å². The maximum Gasteiger partial charge on any atom is 0.191 e. The lowest BCUT2D eigenvalue weighted by Crippen LogP contribution is -2.41. The minimum Gasteiger partial charge on any atom is -0.375 e. The normalized spacial score (nSPS) is 12.7. The van der Waals surface area contributed by atoms with Gasteiger partial charge in [0.15, 0.2) is 5.96 Å². The molecule has 0 saturated carbocycles. The van der Waals surface area contributed by atoms with Gasteiger partial charge in [0.1, 0.15) is 5.82 Å². The molecule has 26 heavy (non-hydrogen) atoms. The smallest absolute Gasteiger partial charge is 0.191 e. The average Bonchev–Trinajstić information content (AvgIpc) is 2.68. The van der Waals surface area contributed by atoms with Gasteiger partial charge >= 0.3 is 0 Å². The van der Waals surface area contributed by atoms with E-state index in [1.807, 2.05) is 30.3 Å². The van der Waals surface area contributed by atoms with Crippen molar-refractivity contribution in [2.24, 2.45) is 4.99 Å². The van der Waals surface area contributed by atoms with Crippen molar-refractivity contribution < 1.29 is 13.9 Å². The van der Waals surface area contributed by atoms with Crippen LogP contribution in [0.15, 0.2) is 59.6 Å². The van der Waals surface area contributed by atoms with Crippen LogP contribution >= 0.6 is 0 Å². The lowest BCUT2D eigenvalue weighted by molar-refractivity contribution is 0.106. The van der Waals surface area contributed by atoms with Crippen molar-refractivity contribution in [3.05, 3.63) is 71.5 Å². The number of methoxy groups -OCH3 is 1. The molecule has 0 aliphatic carbocycles. The molecule has 5 nitrogen and oxygen atoms in total. The van der Waals surface area contributed by atoms with Gasteiger partial charge in [-0.25, -0.2) is 4.39 Å². The molecule has 0 spiro atoms. The predicted octanol–water partition coefficient (Wildman–Crippen LogP) is 2.90. The van der Waals surface area contributed by atoms with Gasteiger partial charge in [-0.3, -0.25) is 4.99 Å². The Morgan fingerprint density at radius 1 is 1.08 bits per heavy atom. The molecule has 6 heteroatoms. The molecule has 2 rings (SSSR count). The molecule has 0 saturated heterocycles. The molecule has 0 bridgehead atoms. The fourth-order valence-corrected chi connectivity index (χ4v) is 2.43. The molecule has 2 aromatic rings. The van der Waals surface area contributed by atoms with Crippen LogP contribution in [0, 0.1) is 5.82 Å². The number of nitrogens with zero attached hydrogens (tertiary/aromatic N) is 1. The van der Waals surface area contributed by atoms with Crippen LogP contribution in [0.25, 0.3) is 0 Å². The van der Waals surface area contributed by atoms with E-state index in [1.165, 1.54) is 12.1 Å². The number of guanidine groups is 1. The number of hydrogen-bond donors (Lipinski definition) is 2. The lowest BCUT2D eigenvalue weighted by Gasteiger charge is -2.18. The molecule has 2 N–H and O–H groups in total. The van der Waals surface area contributed by atoms with Crippen LogP contribution in [0.5, 0.6) is 0 Å². The van der Waals surface area contributed by atoms with Gasteiger partial charge in [0, 0.05) is 27.2 Å². The number of aliphatic imine (C=N–C) groups is 1. The largest absolute Gasteiger partial charge is 0.375 e. The fraction of sp³-hybridized carbons (Fsp3) is 0.350. The van der Waals surface area contributed by atoms with Crippen molar-refractivity contribution in [1.29, 1.82) is 0 Å². The van der Waals surface area contributed by atoms with Crippen LogP contribution in [-0.2, 0) is 16.1 Å². The summed E-state index contributed by atoms with van der Waals surface area (Å²) in [5.41, 5.74) is 2.06. The van der Waals surface area contributed by atoms with Crippen LogP contribution in [0.1, 0.15) is 17.2 Å². The van der Waals surface area contributed by atoms with Gasteiger partial charge in [-0.1, -0.05) is 42.5 Å². The molecule has 0 aliphatic heterocycles. The van der Waals surface area contributed by atoms with Gasteiger partial charge in [-0.05, 0) is 23.3 Å². The van der Waals surface area contributed by atoms with Gasteiger partial charge in [0.2, 0.25) is 0 Å². The highest BCUT2D eigenvalue weighted by Crippen LogP contribution is 2.15. The minimum absolute atomic E-state index is 0.191. The monoisotopic (exact) mass is 359 g/mol. The fourth-order valence-electron chi connectivity index (χ4n) is 2.43. The standard InChI is InChI=1S/C20H26FN3O2/c1-22-20(23-12-13-26-15-16-6-4-3-5-7-16)24-14-19(25-2)17-8-10-18(21)11-9-17/h3-11,19H,12-15H2,1-2H3,(H2,22,23,24). The zero-order valence-corrected chi connectivity index (χ0v) is 15.2. The third-order valence-electron chi connectivity index (χ3n) is 3.86. The Labute approximate surface area is 154 Å². The molecule has 0 heterocycles. The van der Waals surface area contributed by atoms with Crippen molar-refractivity contribution in [2.75, 3.05) is 33.9 Å². The molecular weight excluding hydrogens is 333 g/mol. The molecule has 1 unspecified atom stereocenters. The Morgan fingerprint density at radius 2 is 1.81 bits per heavy atom.